The summed E-state index contributed by atoms with van der Waals surface area (Å²) in [4.78, 5) is 26.6. The molecule has 3 atom stereocenters. The van der Waals surface area contributed by atoms with Crippen molar-refractivity contribution in [3.8, 4) is 6.07 Å². The van der Waals surface area contributed by atoms with Gasteiger partial charge in [0, 0.05) is 24.3 Å². The summed E-state index contributed by atoms with van der Waals surface area (Å²) < 4.78 is 34.4. The van der Waals surface area contributed by atoms with Crippen LogP contribution in [0.2, 0.25) is 0 Å². The molecule has 1 saturated heterocycles. The molecule has 1 fully saturated rings. The van der Waals surface area contributed by atoms with Gasteiger partial charge in [0.1, 0.15) is 12.1 Å². The van der Waals surface area contributed by atoms with E-state index in [-0.39, 0.29) is 54.4 Å². The molecule has 2 aromatic carbocycles. The van der Waals surface area contributed by atoms with E-state index in [0.29, 0.717) is 11.3 Å². The molecule has 0 spiro atoms. The Labute approximate surface area is 226 Å². The Morgan fingerprint density at radius 1 is 1.21 bits per heavy atom. The second-order valence-electron chi connectivity index (χ2n) is 9.19. The molecule has 0 aliphatic carbocycles. The Morgan fingerprint density at radius 3 is 2.68 bits per heavy atom. The van der Waals surface area contributed by atoms with E-state index in [1.165, 1.54) is 27.8 Å². The fourth-order valence-corrected chi connectivity index (χ4v) is 6.85. The SMILES string of the molecule is CC[C@H](C)[C@H](NC(=O)c1cc2ccccc2s1)C(=O)NCC1CN(S(=O)(=O)c2ccccc2C#N)CCO1. The van der Waals surface area contributed by atoms with Gasteiger partial charge in [-0.2, -0.15) is 9.57 Å². The Kier molecular flexibility index (Phi) is 8.79. The molecule has 200 valence electrons. The van der Waals surface area contributed by atoms with Crippen LogP contribution in [-0.2, 0) is 19.6 Å². The first kappa shape index (κ1) is 27.7. The first-order valence-electron chi connectivity index (χ1n) is 12.4. The second kappa shape index (κ2) is 12.0. The monoisotopic (exact) mass is 554 g/mol. The highest BCUT2D eigenvalue weighted by atomic mass is 32.2. The minimum atomic E-state index is -3.91. The smallest absolute Gasteiger partial charge is 0.262 e. The number of thiophene rings is 1. The fourth-order valence-electron chi connectivity index (χ4n) is 4.29. The molecule has 2 heterocycles. The van der Waals surface area contributed by atoms with Crippen LogP contribution >= 0.6 is 11.3 Å². The maximum atomic E-state index is 13.2. The summed E-state index contributed by atoms with van der Waals surface area (Å²) in [5.74, 6) is -0.791. The quantitative estimate of drug-likeness (QED) is 0.418. The third kappa shape index (κ3) is 6.05. The van der Waals surface area contributed by atoms with Gasteiger partial charge in [0.15, 0.2) is 0 Å². The largest absolute Gasteiger partial charge is 0.374 e. The molecular weight excluding hydrogens is 524 g/mol. The van der Waals surface area contributed by atoms with Crippen LogP contribution in [0.3, 0.4) is 0 Å². The van der Waals surface area contributed by atoms with Gasteiger partial charge in [0.05, 0.1) is 28.0 Å². The summed E-state index contributed by atoms with van der Waals surface area (Å²) in [6, 6.07) is 16.8. The molecule has 11 heteroatoms. The van der Waals surface area contributed by atoms with Crippen molar-refractivity contribution < 1.29 is 22.7 Å². The second-order valence-corrected chi connectivity index (χ2v) is 12.2. The predicted octanol–water partition coefficient (Wildman–Crippen LogP) is 3.12. The summed E-state index contributed by atoms with van der Waals surface area (Å²) in [6.07, 6.45) is 0.0993. The zero-order valence-corrected chi connectivity index (χ0v) is 22.8. The fraction of sp³-hybridized carbons (Fsp3) is 0.370. The number of carbonyl (C=O) groups is 2. The highest BCUT2D eigenvalue weighted by Crippen LogP contribution is 2.26. The molecule has 3 aromatic rings. The van der Waals surface area contributed by atoms with Crippen molar-refractivity contribution in [2.45, 2.75) is 37.3 Å². The Bertz CT molecular complexity index is 1430. The number of fused-ring (bicyclic) bond motifs is 1. The van der Waals surface area contributed by atoms with Crippen LogP contribution in [0.25, 0.3) is 10.1 Å². The van der Waals surface area contributed by atoms with E-state index >= 15 is 0 Å². The van der Waals surface area contributed by atoms with Crippen LogP contribution < -0.4 is 10.6 Å². The van der Waals surface area contributed by atoms with E-state index in [0.717, 1.165) is 10.1 Å². The van der Waals surface area contributed by atoms with Gasteiger partial charge in [-0.25, -0.2) is 8.42 Å². The predicted molar refractivity (Wildman–Crippen MR) is 145 cm³/mol. The first-order chi connectivity index (χ1) is 18.2. The number of ether oxygens (including phenoxy) is 1. The van der Waals surface area contributed by atoms with E-state index in [1.807, 2.05) is 50.2 Å². The van der Waals surface area contributed by atoms with Gasteiger partial charge in [-0.05, 0) is 35.6 Å². The van der Waals surface area contributed by atoms with E-state index in [9.17, 15) is 23.3 Å². The Hall–Kier alpha value is -3.30. The summed E-state index contributed by atoms with van der Waals surface area (Å²) in [5.41, 5.74) is 0.0784. The number of morpholine rings is 1. The van der Waals surface area contributed by atoms with E-state index < -0.39 is 22.2 Å². The number of nitrogens with zero attached hydrogens (tertiary/aromatic N) is 2. The highest BCUT2D eigenvalue weighted by molar-refractivity contribution is 7.89. The van der Waals surface area contributed by atoms with E-state index in [1.54, 1.807) is 12.1 Å². The molecule has 1 aliphatic heterocycles. The van der Waals surface area contributed by atoms with Crippen molar-refractivity contribution in [3.63, 3.8) is 0 Å². The Balaban J connectivity index is 1.40. The molecule has 0 bridgehead atoms. The van der Waals surface area contributed by atoms with Gasteiger partial charge < -0.3 is 15.4 Å². The van der Waals surface area contributed by atoms with Crippen LogP contribution in [-0.4, -0.2) is 62.9 Å². The average molecular weight is 555 g/mol. The normalized spacial score (nSPS) is 17.9. The van der Waals surface area contributed by atoms with Crippen LogP contribution in [0.15, 0.2) is 59.5 Å². The van der Waals surface area contributed by atoms with E-state index in [2.05, 4.69) is 10.6 Å². The lowest BCUT2D eigenvalue weighted by Crippen LogP contribution is -2.54. The number of nitriles is 1. The molecule has 1 unspecified atom stereocenters. The first-order valence-corrected chi connectivity index (χ1v) is 14.7. The minimum Gasteiger partial charge on any atom is -0.374 e. The highest BCUT2D eigenvalue weighted by Gasteiger charge is 2.33. The van der Waals surface area contributed by atoms with Gasteiger partial charge in [-0.15, -0.1) is 11.3 Å². The number of benzene rings is 2. The number of hydrogen-bond donors (Lipinski definition) is 2. The molecule has 9 nitrogen and oxygen atoms in total. The van der Waals surface area contributed by atoms with Gasteiger partial charge in [-0.3, -0.25) is 9.59 Å². The molecule has 0 radical (unpaired) electrons. The van der Waals surface area contributed by atoms with Crippen molar-refractivity contribution >= 4 is 43.3 Å². The van der Waals surface area contributed by atoms with Crippen LogP contribution in [0.5, 0.6) is 0 Å². The third-order valence-electron chi connectivity index (χ3n) is 6.66. The molecular formula is C27H30N4O5S2. The van der Waals surface area contributed by atoms with Gasteiger partial charge in [0.2, 0.25) is 15.9 Å². The zero-order chi connectivity index (χ0) is 27.3. The summed E-state index contributed by atoms with van der Waals surface area (Å²) in [7, 11) is -3.91. The lowest BCUT2D eigenvalue weighted by Gasteiger charge is -2.33. The molecule has 2 amide bonds. The van der Waals surface area contributed by atoms with Gasteiger partial charge in [0.25, 0.3) is 5.91 Å². The topological polar surface area (TPSA) is 129 Å². The number of nitrogens with one attached hydrogen (secondary N) is 2. The standard InChI is InChI=1S/C27H30N4O5S2/c1-3-18(2)25(30-26(32)23-14-19-8-4-6-10-22(19)37-23)27(33)29-16-21-17-31(12-13-36-21)38(34,35)24-11-7-5-9-20(24)15-28/h4-11,14,18,21,25H,3,12-13,16-17H2,1-2H3,(H,29,33)(H,30,32)/t18-,21?,25-/m0/s1. The summed E-state index contributed by atoms with van der Waals surface area (Å²) in [5, 5.41) is 16.0. The number of amides is 2. The maximum absolute atomic E-state index is 13.2. The molecule has 4 rings (SSSR count). The molecule has 1 aliphatic rings. The zero-order valence-electron chi connectivity index (χ0n) is 21.2. The molecule has 2 N–H and O–H groups in total. The molecule has 38 heavy (non-hydrogen) atoms. The number of rotatable bonds is 9. The Morgan fingerprint density at radius 2 is 1.95 bits per heavy atom. The van der Waals surface area contributed by atoms with Gasteiger partial charge >= 0.3 is 0 Å². The van der Waals surface area contributed by atoms with Crippen molar-refractivity contribution in [3.05, 3.63) is 65.0 Å². The van der Waals surface area contributed by atoms with E-state index in [4.69, 9.17) is 4.74 Å². The number of hydrogen-bond acceptors (Lipinski definition) is 7. The van der Waals surface area contributed by atoms with Gasteiger partial charge in [-0.1, -0.05) is 50.6 Å². The van der Waals surface area contributed by atoms with Crippen molar-refractivity contribution in [1.82, 2.24) is 14.9 Å². The third-order valence-corrected chi connectivity index (χ3v) is 9.70. The molecule has 0 saturated carbocycles. The van der Waals surface area contributed by atoms with Crippen molar-refractivity contribution in [2.24, 2.45) is 5.92 Å². The van der Waals surface area contributed by atoms with Crippen LogP contribution in [0.1, 0.15) is 35.5 Å². The minimum absolute atomic E-state index is 0.0323. The van der Waals surface area contributed by atoms with Crippen LogP contribution in [0.4, 0.5) is 0 Å². The lowest BCUT2D eigenvalue weighted by atomic mass is 9.98. The lowest BCUT2D eigenvalue weighted by molar-refractivity contribution is -0.125. The number of sulfonamides is 1. The molecule has 1 aromatic heterocycles. The summed E-state index contributed by atoms with van der Waals surface area (Å²) >= 11 is 1.37. The average Bonchev–Trinajstić information content (AvgIpc) is 3.39. The maximum Gasteiger partial charge on any atom is 0.262 e. The van der Waals surface area contributed by atoms with Crippen molar-refractivity contribution in [2.75, 3.05) is 26.2 Å². The number of carbonyl (C=O) groups excluding carboxylic acids is 2. The summed E-state index contributed by atoms with van der Waals surface area (Å²) in [6.45, 7) is 4.26. The van der Waals surface area contributed by atoms with Crippen LogP contribution in [0, 0.1) is 17.2 Å². The van der Waals surface area contributed by atoms with Crippen molar-refractivity contribution in [1.29, 1.82) is 5.26 Å².